The summed E-state index contributed by atoms with van der Waals surface area (Å²) in [6.45, 7) is 24.0. The molecule has 9 rings (SSSR count). The summed E-state index contributed by atoms with van der Waals surface area (Å²) in [6.07, 6.45) is 13.2. The molecule has 1 aliphatic carbocycles. The smallest absolute Gasteiger partial charge is 0.416 e. The van der Waals surface area contributed by atoms with Crippen LogP contribution in [0.15, 0.2) is 77.3 Å². The van der Waals surface area contributed by atoms with Crippen molar-refractivity contribution < 1.29 is 67.1 Å². The number of benzene rings is 3. The highest BCUT2D eigenvalue weighted by atomic mass is 16.6. The van der Waals surface area contributed by atoms with Gasteiger partial charge in [-0.1, -0.05) is 110 Å². The topological polar surface area (TPSA) is 244 Å². The van der Waals surface area contributed by atoms with Crippen molar-refractivity contribution in [3.8, 4) is 23.0 Å². The number of allylic oxidation sites excluding steroid dienone is 1. The molecule has 22 heteroatoms. The van der Waals surface area contributed by atoms with Gasteiger partial charge in [0.2, 0.25) is 17.7 Å². The van der Waals surface area contributed by atoms with Crippen molar-refractivity contribution in [2.75, 3.05) is 70.3 Å². The number of hydrogen-bond acceptors (Lipinski definition) is 16. The van der Waals surface area contributed by atoms with Crippen LogP contribution in [-0.2, 0) is 35.3 Å². The minimum atomic E-state index is -1.49. The Balaban J connectivity index is 0.738. The SMILES string of the molecule is C=C1C[C@H]2[C@H](O)N(C(=O)OCc3ccc(NBC(=O)C(C)(C)CCOC(C)(C)CNC(=O)CCN4C(=O)CC(C5CCCCCCC5)C4=O)cc3)c3cc(OCCC(C)(C)CCC(C)(C)COc4cc5c(cc4OC)C(=O)N4C/C(=C/C)C[C@H]4C=N5)c(OC)cc3C(=O)N2C1. The van der Waals surface area contributed by atoms with Crippen molar-refractivity contribution in [3.63, 3.8) is 0 Å². The van der Waals surface area contributed by atoms with E-state index in [-0.39, 0.29) is 147 Å². The number of imide groups is 1. The number of amides is 6. The van der Waals surface area contributed by atoms with Gasteiger partial charge in [-0.15, -0.1) is 0 Å². The highest BCUT2D eigenvalue weighted by Crippen LogP contribution is 2.45. The van der Waals surface area contributed by atoms with Gasteiger partial charge in [0.15, 0.2) is 29.2 Å². The summed E-state index contributed by atoms with van der Waals surface area (Å²) >= 11 is 0. The van der Waals surface area contributed by atoms with Crippen LogP contribution in [0.2, 0.25) is 0 Å². The maximum absolute atomic E-state index is 14.4. The number of hydrogen-bond donors (Lipinski definition) is 3. The summed E-state index contributed by atoms with van der Waals surface area (Å²) in [7, 11) is 3.09. The van der Waals surface area contributed by atoms with Gasteiger partial charge in [-0.2, -0.15) is 0 Å². The predicted octanol–water partition coefficient (Wildman–Crippen LogP) is 11.3. The maximum atomic E-state index is 14.4. The van der Waals surface area contributed by atoms with Crippen LogP contribution >= 0.6 is 0 Å². The van der Waals surface area contributed by atoms with Crippen LogP contribution in [0.25, 0.3) is 0 Å². The molecule has 3 saturated heterocycles. The predicted molar refractivity (Wildman–Crippen MR) is 366 cm³/mol. The first kappa shape index (κ1) is 71.6. The molecule has 0 radical (unpaired) electrons. The standard InChI is InChI=1S/C73H100BN7O14/c1-13-47-34-51-40-75-55-38-60(58(90-11)35-53(55)65(85)79(51)42-47)94-45-71(5,6)27-26-70(3,4)28-31-92-61-39-56-54(36-59(61)91-12)66(86)80-41-46(2)33-57(80)67(87)81(56)69(89)93-43-48-21-23-50(24-22-48)77-74-68(88)72(7,8)29-32-95-73(9,10)44-76-62(82)25-30-78-63(83)37-52(64(78)84)49-19-17-15-14-16-18-20-49/h13,21-24,35-36,38-40,49,51-52,57,67,74,77,87H,2,14-20,25-34,37,41-45H2,1,3-12H3,(H,76,82)/b47-13+/t51-,52?,57-,67-/m0/s1. The molecule has 3 N–H and O–H groups in total. The van der Waals surface area contributed by atoms with Crippen LogP contribution in [0.4, 0.5) is 21.9 Å². The Hall–Kier alpha value is -7.72. The molecule has 0 spiro atoms. The van der Waals surface area contributed by atoms with Gasteiger partial charge in [-0.05, 0) is 119 Å². The lowest BCUT2D eigenvalue weighted by atomic mass is 9.69. The molecule has 3 aromatic rings. The van der Waals surface area contributed by atoms with Gasteiger partial charge < -0.3 is 58.7 Å². The number of carbonyl (C=O) groups excluding carboxylic acids is 7. The largest absolute Gasteiger partial charge is 0.493 e. The molecule has 1 unspecified atom stereocenters. The molecule has 1 saturated carbocycles. The number of fused-ring (bicyclic) bond motifs is 4. The van der Waals surface area contributed by atoms with Crippen molar-refractivity contribution in [2.24, 2.45) is 33.1 Å². The third kappa shape index (κ3) is 17.7. The molecular weight excluding hydrogens is 1210 g/mol. The maximum Gasteiger partial charge on any atom is 0.416 e. The van der Waals surface area contributed by atoms with E-state index in [9.17, 15) is 38.7 Å². The van der Waals surface area contributed by atoms with Gasteiger partial charge in [0.25, 0.3) is 11.8 Å². The number of ether oxygens (including phenoxy) is 6. The summed E-state index contributed by atoms with van der Waals surface area (Å²) in [5.41, 5.74) is 2.52. The molecule has 0 aromatic heterocycles. The molecule has 95 heavy (non-hydrogen) atoms. The second kappa shape index (κ2) is 30.6. The first-order valence-electron chi connectivity index (χ1n) is 34.0. The van der Waals surface area contributed by atoms with E-state index in [0.29, 0.717) is 60.0 Å². The van der Waals surface area contributed by atoms with E-state index in [0.717, 1.165) is 55.4 Å². The summed E-state index contributed by atoms with van der Waals surface area (Å²) < 4.78 is 36.5. The van der Waals surface area contributed by atoms with E-state index in [1.165, 1.54) is 41.7 Å². The average Bonchev–Trinajstić information content (AvgIpc) is 1.67. The van der Waals surface area contributed by atoms with Gasteiger partial charge in [0.05, 0.1) is 73.5 Å². The Morgan fingerprint density at radius 3 is 2.12 bits per heavy atom. The monoisotopic (exact) mass is 1310 g/mol. The number of anilines is 2. The molecule has 21 nitrogen and oxygen atoms in total. The normalized spacial score (nSPS) is 20.7. The van der Waals surface area contributed by atoms with E-state index in [1.54, 1.807) is 55.6 Å². The molecule has 4 atom stereocenters. The Bertz CT molecular complexity index is 3410. The molecule has 4 fully saturated rings. The molecule has 6 aliphatic rings. The van der Waals surface area contributed by atoms with Crippen molar-refractivity contribution >= 4 is 72.0 Å². The van der Waals surface area contributed by atoms with Crippen molar-refractivity contribution in [1.29, 1.82) is 0 Å². The number of rotatable bonds is 28. The minimum Gasteiger partial charge on any atom is -0.493 e. The molecule has 6 amide bonds. The second-order valence-corrected chi connectivity index (χ2v) is 29.5. The number of aliphatic hydroxyl groups excluding tert-OH is 1. The Morgan fingerprint density at radius 1 is 0.758 bits per heavy atom. The van der Waals surface area contributed by atoms with E-state index in [4.69, 9.17) is 33.4 Å². The zero-order valence-corrected chi connectivity index (χ0v) is 57.8. The molecule has 5 heterocycles. The average molecular weight is 1310 g/mol. The fourth-order valence-corrected chi connectivity index (χ4v) is 13.5. The van der Waals surface area contributed by atoms with Gasteiger partial charge in [0, 0.05) is 75.1 Å². The molecule has 514 valence electrons. The van der Waals surface area contributed by atoms with Crippen molar-refractivity contribution in [1.82, 2.24) is 20.0 Å². The number of carbonyl (C=O) groups is 7. The minimum absolute atomic E-state index is 0.0177. The first-order valence-corrected chi connectivity index (χ1v) is 34.0. The lowest BCUT2D eigenvalue weighted by molar-refractivity contribution is -0.140. The number of methoxy groups -OCH3 is 2. The zero-order valence-electron chi connectivity index (χ0n) is 57.8. The fourth-order valence-electron chi connectivity index (χ4n) is 13.5. The van der Waals surface area contributed by atoms with E-state index in [2.05, 4.69) is 50.9 Å². The number of nitrogens with zero attached hydrogens (tertiary/aromatic N) is 5. The van der Waals surface area contributed by atoms with E-state index in [1.807, 2.05) is 45.7 Å². The second-order valence-electron chi connectivity index (χ2n) is 29.5. The Morgan fingerprint density at radius 2 is 1.42 bits per heavy atom. The third-order valence-corrected chi connectivity index (χ3v) is 20.1. The number of aliphatic hydroxyl groups is 1. The van der Waals surface area contributed by atoms with Crippen LogP contribution in [0.5, 0.6) is 23.0 Å². The van der Waals surface area contributed by atoms with E-state index >= 15 is 0 Å². The Kier molecular flexibility index (Phi) is 23.0. The van der Waals surface area contributed by atoms with Gasteiger partial charge in [-0.25, -0.2) is 9.69 Å². The first-order chi connectivity index (χ1) is 45.1. The van der Waals surface area contributed by atoms with Crippen molar-refractivity contribution in [2.45, 2.75) is 189 Å². The summed E-state index contributed by atoms with van der Waals surface area (Å²) in [5, 5.41) is 18.2. The molecular formula is C73H100BN7O14. The number of likely N-dealkylation sites (tertiary alicyclic amines) is 1. The van der Waals surface area contributed by atoms with Crippen LogP contribution in [-0.4, -0.2) is 159 Å². The highest BCUT2D eigenvalue weighted by Gasteiger charge is 2.47. The highest BCUT2D eigenvalue weighted by molar-refractivity contribution is 6.77. The van der Waals surface area contributed by atoms with Crippen LogP contribution in [0, 0.1) is 28.1 Å². The van der Waals surface area contributed by atoms with E-state index < -0.39 is 35.3 Å². The summed E-state index contributed by atoms with van der Waals surface area (Å²) in [4.78, 5) is 106. The fraction of sp³-hybridized carbons (Fsp3) is 0.589. The summed E-state index contributed by atoms with van der Waals surface area (Å²) in [6, 6.07) is 12.8. The Labute approximate surface area is 561 Å². The van der Waals surface area contributed by atoms with Crippen LogP contribution in [0.3, 0.4) is 0 Å². The van der Waals surface area contributed by atoms with Gasteiger partial charge >= 0.3 is 13.5 Å². The molecule has 0 bridgehead atoms. The van der Waals surface area contributed by atoms with Crippen LogP contribution < -0.4 is 34.4 Å². The quantitative estimate of drug-likeness (QED) is 0.0348. The van der Waals surface area contributed by atoms with Gasteiger partial charge in [-0.3, -0.25) is 33.9 Å². The van der Waals surface area contributed by atoms with Crippen molar-refractivity contribution in [3.05, 3.63) is 89.0 Å². The number of aliphatic imine (C=N–C) groups is 1. The zero-order chi connectivity index (χ0) is 68.6. The van der Waals surface area contributed by atoms with Gasteiger partial charge in [0.1, 0.15) is 12.3 Å². The molecule has 5 aliphatic heterocycles. The number of nitrogens with one attached hydrogen (secondary N) is 2. The lowest BCUT2D eigenvalue weighted by Gasteiger charge is -2.32. The van der Waals surface area contributed by atoms with Crippen LogP contribution in [0.1, 0.15) is 185 Å². The molecule has 3 aromatic carbocycles. The lowest BCUT2D eigenvalue weighted by Crippen LogP contribution is -2.50. The summed E-state index contributed by atoms with van der Waals surface area (Å²) in [5.74, 6) is 0.426. The third-order valence-electron chi connectivity index (χ3n) is 20.1.